The maximum atomic E-state index is 13.4. The molecule has 0 aliphatic carbocycles. The van der Waals surface area contributed by atoms with Crippen LogP contribution in [0, 0.1) is 0 Å². The lowest BCUT2D eigenvalue weighted by Gasteiger charge is -2.26. The van der Waals surface area contributed by atoms with Gasteiger partial charge in [-0.2, -0.15) is 0 Å². The lowest BCUT2D eigenvalue weighted by Crippen LogP contribution is -2.42. The number of halogens is 2. The van der Waals surface area contributed by atoms with Crippen molar-refractivity contribution in [2.45, 2.75) is 13.0 Å². The number of alkyl halides is 2. The number of anilines is 1. The fourth-order valence-corrected chi connectivity index (χ4v) is 3.49. The summed E-state index contributed by atoms with van der Waals surface area (Å²) in [4.78, 5) is 34.7. The van der Waals surface area contributed by atoms with E-state index in [1.807, 2.05) is 18.2 Å². The van der Waals surface area contributed by atoms with Gasteiger partial charge in [0, 0.05) is 17.3 Å². The van der Waals surface area contributed by atoms with Gasteiger partial charge in [-0.3, -0.25) is 14.7 Å². The average Bonchev–Trinajstić information content (AvgIpc) is 2.87. The van der Waals surface area contributed by atoms with Crippen molar-refractivity contribution in [3.05, 3.63) is 71.7 Å². The fourth-order valence-electron chi connectivity index (χ4n) is 3.49. The van der Waals surface area contributed by atoms with E-state index in [-0.39, 0.29) is 53.9 Å². The topological polar surface area (TPSA) is 90.9 Å². The van der Waals surface area contributed by atoms with Crippen LogP contribution in [0.3, 0.4) is 0 Å². The summed E-state index contributed by atoms with van der Waals surface area (Å²) in [5.41, 5.74) is 0.750. The van der Waals surface area contributed by atoms with Gasteiger partial charge in [0.05, 0.1) is 32.0 Å². The number of pyridine rings is 2. The second-order valence-corrected chi connectivity index (χ2v) is 7.36. The Hall–Kier alpha value is -3.92. The third kappa shape index (κ3) is 5.01. The highest BCUT2D eigenvalue weighted by Gasteiger charge is 2.26. The molecule has 1 amide bonds. The van der Waals surface area contributed by atoms with Gasteiger partial charge in [0.1, 0.15) is 30.5 Å². The molecule has 1 aromatic carbocycles. The number of hydrogen-bond donors (Lipinski definition) is 0. The third-order valence-electron chi connectivity index (χ3n) is 5.21. The predicted octanol–water partition coefficient (Wildman–Crippen LogP) is 3.81. The summed E-state index contributed by atoms with van der Waals surface area (Å²) >= 11 is 0. The molecule has 3 aromatic rings. The molecule has 176 valence electrons. The van der Waals surface area contributed by atoms with E-state index in [2.05, 4.69) is 9.97 Å². The normalized spacial score (nSPS) is 13.8. The fraction of sp³-hybridized carbons (Fsp3) is 0.250. The second kappa shape index (κ2) is 10.3. The summed E-state index contributed by atoms with van der Waals surface area (Å²) in [6, 6.07) is 11.7. The Bertz CT molecular complexity index is 1190. The molecule has 0 N–H and O–H groups in total. The highest BCUT2D eigenvalue weighted by molar-refractivity contribution is 6.00. The standard InChI is InChI=1S/C24H21F2N3O5/c1-32-20-12-27-19(23(25)26)9-17(20)16-10-21(29-7-8-33-14-22(29)30)28-11-18(16)24(31)34-13-15-5-3-2-4-6-15/h2-6,9-12,23H,7-8,13-14H2,1H3. The van der Waals surface area contributed by atoms with Crippen LogP contribution in [0.4, 0.5) is 14.6 Å². The minimum absolute atomic E-state index is 0.0125. The monoisotopic (exact) mass is 469 g/mol. The molecular weight excluding hydrogens is 448 g/mol. The molecule has 0 unspecified atom stereocenters. The zero-order chi connectivity index (χ0) is 24.1. The molecule has 1 aliphatic rings. The Morgan fingerprint density at radius 1 is 1.15 bits per heavy atom. The first-order valence-corrected chi connectivity index (χ1v) is 10.4. The molecule has 1 fully saturated rings. The zero-order valence-corrected chi connectivity index (χ0v) is 18.2. The number of rotatable bonds is 7. The molecule has 1 saturated heterocycles. The van der Waals surface area contributed by atoms with Gasteiger partial charge in [-0.1, -0.05) is 30.3 Å². The number of carbonyl (C=O) groups is 2. The van der Waals surface area contributed by atoms with E-state index in [9.17, 15) is 18.4 Å². The number of ether oxygens (including phenoxy) is 3. The van der Waals surface area contributed by atoms with E-state index in [0.717, 1.165) is 17.8 Å². The lowest BCUT2D eigenvalue weighted by atomic mass is 10.00. The van der Waals surface area contributed by atoms with Crippen LogP contribution >= 0.6 is 0 Å². The molecule has 0 atom stereocenters. The van der Waals surface area contributed by atoms with E-state index in [0.29, 0.717) is 6.61 Å². The van der Waals surface area contributed by atoms with Gasteiger partial charge in [0.2, 0.25) is 0 Å². The number of hydrogen-bond acceptors (Lipinski definition) is 7. The maximum Gasteiger partial charge on any atom is 0.340 e. The number of aromatic nitrogens is 2. The smallest absolute Gasteiger partial charge is 0.340 e. The largest absolute Gasteiger partial charge is 0.494 e. The highest BCUT2D eigenvalue weighted by atomic mass is 19.3. The van der Waals surface area contributed by atoms with E-state index in [1.54, 1.807) is 12.1 Å². The van der Waals surface area contributed by atoms with Crippen LogP contribution in [0.15, 0.2) is 54.9 Å². The van der Waals surface area contributed by atoms with Crippen molar-refractivity contribution < 1.29 is 32.6 Å². The van der Waals surface area contributed by atoms with E-state index in [4.69, 9.17) is 14.2 Å². The quantitative estimate of drug-likeness (QED) is 0.486. The number of carbonyl (C=O) groups excluding carboxylic acids is 2. The van der Waals surface area contributed by atoms with Gasteiger partial charge in [-0.05, 0) is 17.7 Å². The van der Waals surface area contributed by atoms with Crippen LogP contribution in [0.1, 0.15) is 28.0 Å². The van der Waals surface area contributed by atoms with Crippen LogP contribution in [0.5, 0.6) is 5.75 Å². The molecule has 1 aliphatic heterocycles. The molecular formula is C24H21F2N3O5. The number of benzene rings is 1. The Labute approximate surface area is 194 Å². The molecule has 0 bridgehead atoms. The van der Waals surface area contributed by atoms with Crippen LogP contribution in [-0.4, -0.2) is 48.7 Å². The first kappa shape index (κ1) is 23.2. The molecule has 0 spiro atoms. The Morgan fingerprint density at radius 3 is 2.65 bits per heavy atom. The molecule has 34 heavy (non-hydrogen) atoms. The maximum absolute atomic E-state index is 13.4. The molecule has 10 heteroatoms. The van der Waals surface area contributed by atoms with Crippen molar-refractivity contribution in [3.8, 4) is 16.9 Å². The van der Waals surface area contributed by atoms with Crippen molar-refractivity contribution in [3.63, 3.8) is 0 Å². The van der Waals surface area contributed by atoms with Gasteiger partial charge in [0.15, 0.2) is 0 Å². The van der Waals surface area contributed by atoms with Gasteiger partial charge in [0.25, 0.3) is 12.3 Å². The Balaban J connectivity index is 1.77. The zero-order valence-electron chi connectivity index (χ0n) is 18.2. The molecule has 8 nitrogen and oxygen atoms in total. The van der Waals surface area contributed by atoms with Crippen LogP contribution in [0.25, 0.3) is 11.1 Å². The molecule has 2 aromatic heterocycles. The number of amides is 1. The van der Waals surface area contributed by atoms with E-state index < -0.39 is 18.1 Å². The van der Waals surface area contributed by atoms with Crippen molar-refractivity contribution in [1.29, 1.82) is 0 Å². The minimum atomic E-state index is -2.83. The highest BCUT2D eigenvalue weighted by Crippen LogP contribution is 2.36. The molecule has 0 saturated carbocycles. The Kier molecular flexibility index (Phi) is 7.07. The van der Waals surface area contributed by atoms with Gasteiger partial charge < -0.3 is 14.2 Å². The molecule has 0 radical (unpaired) electrons. The number of methoxy groups -OCH3 is 1. The summed E-state index contributed by atoms with van der Waals surface area (Å²) in [6.07, 6.45) is -0.404. The van der Waals surface area contributed by atoms with Crippen molar-refractivity contribution in [1.82, 2.24) is 9.97 Å². The number of esters is 1. The van der Waals surface area contributed by atoms with Crippen molar-refractivity contribution in [2.24, 2.45) is 0 Å². The van der Waals surface area contributed by atoms with Gasteiger partial charge >= 0.3 is 5.97 Å². The third-order valence-corrected chi connectivity index (χ3v) is 5.21. The second-order valence-electron chi connectivity index (χ2n) is 7.36. The Morgan fingerprint density at radius 2 is 1.94 bits per heavy atom. The van der Waals surface area contributed by atoms with Crippen LogP contribution in [-0.2, 0) is 20.9 Å². The average molecular weight is 469 g/mol. The summed E-state index contributed by atoms with van der Waals surface area (Å²) in [6.45, 7) is 0.487. The summed E-state index contributed by atoms with van der Waals surface area (Å²) in [5.74, 6) is -0.588. The lowest BCUT2D eigenvalue weighted by molar-refractivity contribution is -0.125. The predicted molar refractivity (Wildman–Crippen MR) is 118 cm³/mol. The number of nitrogens with zero attached hydrogens (tertiary/aromatic N) is 3. The van der Waals surface area contributed by atoms with Crippen LogP contribution < -0.4 is 9.64 Å². The first-order valence-electron chi connectivity index (χ1n) is 10.4. The minimum Gasteiger partial charge on any atom is -0.494 e. The number of morpholine rings is 1. The SMILES string of the molecule is COc1cnc(C(F)F)cc1-c1cc(N2CCOCC2=O)ncc1C(=O)OCc1ccccc1. The van der Waals surface area contributed by atoms with E-state index in [1.165, 1.54) is 24.3 Å². The van der Waals surface area contributed by atoms with Gasteiger partial charge in [-0.15, -0.1) is 0 Å². The van der Waals surface area contributed by atoms with Gasteiger partial charge in [-0.25, -0.2) is 18.6 Å². The first-order chi connectivity index (χ1) is 16.5. The van der Waals surface area contributed by atoms with Crippen LogP contribution in [0.2, 0.25) is 0 Å². The summed E-state index contributed by atoms with van der Waals surface area (Å²) in [7, 11) is 1.36. The molecule has 3 heterocycles. The van der Waals surface area contributed by atoms with Crippen molar-refractivity contribution >= 4 is 17.7 Å². The molecule has 4 rings (SSSR count). The summed E-state index contributed by atoms with van der Waals surface area (Å²) < 4.78 is 42.8. The summed E-state index contributed by atoms with van der Waals surface area (Å²) in [5, 5.41) is 0. The van der Waals surface area contributed by atoms with Crippen molar-refractivity contribution in [2.75, 3.05) is 31.8 Å². The van der Waals surface area contributed by atoms with E-state index >= 15 is 0 Å².